The van der Waals surface area contributed by atoms with E-state index < -0.39 is 0 Å². The van der Waals surface area contributed by atoms with E-state index in [1.54, 1.807) is 5.57 Å². The van der Waals surface area contributed by atoms with Crippen molar-refractivity contribution in [2.45, 2.75) is 39.5 Å². The third-order valence-electron chi connectivity index (χ3n) is 6.62. The maximum absolute atomic E-state index is 9.25. The van der Waals surface area contributed by atoms with Gasteiger partial charge in [-0.15, -0.1) is 0 Å². The van der Waals surface area contributed by atoms with Crippen molar-refractivity contribution in [3.63, 3.8) is 0 Å². The summed E-state index contributed by atoms with van der Waals surface area (Å²) in [5.41, 5.74) is 5.52. The number of aryl methyl sites for hydroxylation is 1. The quantitative estimate of drug-likeness (QED) is 0.712. The Kier molecular flexibility index (Phi) is 5.86. The highest BCUT2D eigenvalue weighted by atomic mass is 15.1. The van der Waals surface area contributed by atoms with Crippen LogP contribution in [0.2, 0.25) is 0 Å². The molecule has 1 aliphatic heterocycles. The zero-order chi connectivity index (χ0) is 20.2. The van der Waals surface area contributed by atoms with E-state index in [2.05, 4.69) is 85.5 Å². The smallest absolute Gasteiger partial charge is 0.105 e. The van der Waals surface area contributed by atoms with Gasteiger partial charge in [0.25, 0.3) is 0 Å². The molecule has 0 bridgehead atoms. The van der Waals surface area contributed by atoms with Crippen LogP contribution in [0.3, 0.4) is 0 Å². The lowest BCUT2D eigenvalue weighted by Gasteiger charge is -2.30. The summed E-state index contributed by atoms with van der Waals surface area (Å²) in [4.78, 5) is 2.24. The summed E-state index contributed by atoms with van der Waals surface area (Å²) in [5, 5.41) is 12.1. The lowest BCUT2D eigenvalue weighted by atomic mass is 9.80. The second-order valence-electron chi connectivity index (χ2n) is 8.40. The second kappa shape index (κ2) is 8.70. The summed E-state index contributed by atoms with van der Waals surface area (Å²) in [6, 6.07) is 20.0. The van der Waals surface area contributed by atoms with E-state index in [1.807, 2.05) is 0 Å². The topological polar surface area (TPSA) is 27.0 Å². The molecule has 2 atom stereocenters. The molecule has 0 N–H and O–H groups in total. The molecule has 2 aromatic rings. The van der Waals surface area contributed by atoms with Gasteiger partial charge in [0, 0.05) is 17.8 Å². The maximum atomic E-state index is 9.25. The molecule has 148 valence electrons. The van der Waals surface area contributed by atoms with Crippen LogP contribution in [0.15, 0.2) is 54.6 Å². The van der Waals surface area contributed by atoms with E-state index >= 15 is 0 Å². The molecule has 29 heavy (non-hydrogen) atoms. The van der Waals surface area contributed by atoms with Crippen molar-refractivity contribution in [2.24, 2.45) is 11.8 Å². The summed E-state index contributed by atoms with van der Waals surface area (Å²) in [7, 11) is 0. The standard InChI is InChI=1S/C27H30N2/c1-20-19-23-10-4-5-11-25(23)24(21(20)2)15-14-22-9-3-6-12-26(22)27-13-7-8-17-29(27)18-16-28/h3-6,9-13,19-21H,7-8,14-15,17-18H2,1-2H3. The van der Waals surface area contributed by atoms with Crippen LogP contribution in [-0.4, -0.2) is 18.0 Å². The van der Waals surface area contributed by atoms with Crippen LogP contribution in [0, 0.1) is 23.2 Å². The maximum Gasteiger partial charge on any atom is 0.105 e. The zero-order valence-electron chi connectivity index (χ0n) is 17.6. The van der Waals surface area contributed by atoms with Crippen LogP contribution in [-0.2, 0) is 6.42 Å². The number of nitriles is 1. The summed E-state index contributed by atoms with van der Waals surface area (Å²) in [6.07, 6.45) is 9.09. The fraction of sp³-hybridized carbons (Fsp3) is 0.370. The Balaban J connectivity index is 1.66. The summed E-state index contributed by atoms with van der Waals surface area (Å²) in [6.45, 7) is 6.15. The fourth-order valence-electron chi connectivity index (χ4n) is 4.85. The van der Waals surface area contributed by atoms with E-state index in [1.165, 1.54) is 27.3 Å². The van der Waals surface area contributed by atoms with Crippen LogP contribution in [0.25, 0.3) is 17.3 Å². The van der Waals surface area contributed by atoms with E-state index in [9.17, 15) is 5.26 Å². The molecule has 0 spiro atoms. The molecule has 1 aliphatic carbocycles. The first-order valence-electron chi connectivity index (χ1n) is 10.9. The van der Waals surface area contributed by atoms with Gasteiger partial charge in [0.15, 0.2) is 0 Å². The van der Waals surface area contributed by atoms with Gasteiger partial charge < -0.3 is 4.90 Å². The molecule has 1 heterocycles. The number of benzene rings is 2. The highest BCUT2D eigenvalue weighted by Gasteiger charge is 2.21. The van der Waals surface area contributed by atoms with Gasteiger partial charge in [-0.1, -0.05) is 80.1 Å². The van der Waals surface area contributed by atoms with Crippen molar-refractivity contribution >= 4 is 17.3 Å². The van der Waals surface area contributed by atoms with E-state index in [4.69, 9.17) is 0 Å². The Morgan fingerprint density at radius 2 is 1.83 bits per heavy atom. The lowest BCUT2D eigenvalue weighted by molar-refractivity contribution is 0.416. The molecular formula is C27H30N2. The van der Waals surface area contributed by atoms with Crippen molar-refractivity contribution in [1.29, 1.82) is 5.26 Å². The third kappa shape index (κ3) is 4.01. The van der Waals surface area contributed by atoms with Crippen molar-refractivity contribution in [3.8, 4) is 6.07 Å². The number of fused-ring (bicyclic) bond motifs is 1. The zero-order valence-corrected chi connectivity index (χ0v) is 17.6. The molecule has 0 radical (unpaired) electrons. The van der Waals surface area contributed by atoms with Gasteiger partial charge in [0.05, 0.1) is 6.07 Å². The van der Waals surface area contributed by atoms with Gasteiger partial charge >= 0.3 is 0 Å². The lowest BCUT2D eigenvalue weighted by Crippen LogP contribution is -2.35. The number of hydrogen-bond acceptors (Lipinski definition) is 2. The minimum absolute atomic E-state index is 0.468. The van der Waals surface area contributed by atoms with Crippen LogP contribution in [0.4, 0.5) is 0 Å². The molecule has 0 saturated carbocycles. The Morgan fingerprint density at radius 1 is 1.03 bits per heavy atom. The third-order valence-corrected chi connectivity index (χ3v) is 6.62. The minimum atomic E-state index is 0.468. The number of nitrogens with zero attached hydrogens (tertiary/aromatic N) is 2. The Labute approximate surface area is 174 Å². The molecule has 2 heteroatoms. The van der Waals surface area contributed by atoms with Gasteiger partial charge in [-0.05, 0) is 53.5 Å². The van der Waals surface area contributed by atoms with E-state index in [-0.39, 0.29) is 0 Å². The van der Waals surface area contributed by atoms with Crippen molar-refractivity contribution in [3.05, 3.63) is 76.2 Å². The predicted molar refractivity (Wildman–Crippen MR) is 121 cm³/mol. The van der Waals surface area contributed by atoms with Crippen LogP contribution in [0.1, 0.15) is 44.2 Å². The Bertz CT molecular complexity index is 1070. The molecule has 0 amide bonds. The van der Waals surface area contributed by atoms with Crippen LogP contribution in [0.5, 0.6) is 0 Å². The van der Waals surface area contributed by atoms with E-state index in [0.29, 0.717) is 18.4 Å². The molecule has 2 unspecified atom stereocenters. The van der Waals surface area contributed by atoms with Crippen LogP contribution >= 0.6 is 0 Å². The van der Waals surface area contributed by atoms with Gasteiger partial charge in [-0.2, -0.15) is 5.26 Å². The molecule has 0 aromatic heterocycles. The second-order valence-corrected chi connectivity index (χ2v) is 8.40. The number of allylic oxidation sites excluding steroid dienone is 1. The van der Waals surface area contributed by atoms with Crippen molar-refractivity contribution in [1.82, 2.24) is 4.90 Å². The first kappa shape index (κ1) is 19.5. The first-order valence-corrected chi connectivity index (χ1v) is 10.9. The SMILES string of the molecule is CC1C=c2ccccc2=C(CCc2ccccc2C2=CCCCN2CC#N)C1C. The van der Waals surface area contributed by atoms with Gasteiger partial charge in [0.1, 0.15) is 6.54 Å². The molecular weight excluding hydrogens is 352 g/mol. The summed E-state index contributed by atoms with van der Waals surface area (Å²) in [5.74, 6) is 1.14. The summed E-state index contributed by atoms with van der Waals surface area (Å²) < 4.78 is 0. The van der Waals surface area contributed by atoms with Gasteiger partial charge in [0.2, 0.25) is 0 Å². The molecule has 0 fully saturated rings. The molecule has 0 saturated heterocycles. The van der Waals surface area contributed by atoms with Gasteiger partial charge in [-0.3, -0.25) is 0 Å². The number of rotatable bonds is 5. The molecule has 2 aromatic carbocycles. The molecule has 4 rings (SSSR count). The minimum Gasteiger partial charge on any atom is -0.358 e. The molecule has 2 aliphatic rings. The first-order chi connectivity index (χ1) is 14.2. The van der Waals surface area contributed by atoms with Gasteiger partial charge in [-0.25, -0.2) is 0 Å². The predicted octanol–water partition coefficient (Wildman–Crippen LogP) is 4.50. The Morgan fingerprint density at radius 3 is 2.69 bits per heavy atom. The highest BCUT2D eigenvalue weighted by Crippen LogP contribution is 2.31. The average Bonchev–Trinajstić information content (AvgIpc) is 2.75. The molecule has 2 nitrogen and oxygen atoms in total. The largest absolute Gasteiger partial charge is 0.358 e. The Hall–Kier alpha value is -2.79. The fourth-order valence-corrected chi connectivity index (χ4v) is 4.85. The van der Waals surface area contributed by atoms with Crippen molar-refractivity contribution in [2.75, 3.05) is 13.1 Å². The van der Waals surface area contributed by atoms with Crippen LogP contribution < -0.4 is 10.4 Å². The van der Waals surface area contributed by atoms with E-state index in [0.717, 1.165) is 32.2 Å². The normalized spacial score (nSPS) is 21.1. The van der Waals surface area contributed by atoms with Crippen molar-refractivity contribution < 1.29 is 0 Å². The number of hydrogen-bond donors (Lipinski definition) is 0. The highest BCUT2D eigenvalue weighted by molar-refractivity contribution is 5.68. The monoisotopic (exact) mass is 382 g/mol. The summed E-state index contributed by atoms with van der Waals surface area (Å²) >= 11 is 0. The average molecular weight is 383 g/mol.